The number of nitrogens with one attached hydrogen (secondary N) is 2. The van der Waals surface area contributed by atoms with Crippen LogP contribution in [0.25, 0.3) is 0 Å². The van der Waals surface area contributed by atoms with Crippen LogP contribution in [0.4, 0.5) is 0 Å². The second kappa shape index (κ2) is 13.4. The first-order valence-corrected chi connectivity index (χ1v) is 12.6. The van der Waals surface area contributed by atoms with Crippen LogP contribution < -0.4 is 10.6 Å². The normalized spacial score (nSPS) is 12.0. The van der Waals surface area contributed by atoms with Gasteiger partial charge in [0.05, 0.1) is 13.1 Å². The highest BCUT2D eigenvalue weighted by Crippen LogP contribution is 2.11. The van der Waals surface area contributed by atoms with Gasteiger partial charge in [0.1, 0.15) is 0 Å². The van der Waals surface area contributed by atoms with E-state index in [2.05, 4.69) is 51.3 Å². The summed E-state index contributed by atoms with van der Waals surface area (Å²) in [4.78, 5) is 29.7. The fourth-order valence-electron chi connectivity index (χ4n) is 4.02. The molecule has 2 N–H and O–H groups in total. The Morgan fingerprint density at radius 3 is 1.28 bits per heavy atom. The summed E-state index contributed by atoms with van der Waals surface area (Å²) in [6, 6.07) is 20.3. The first-order valence-electron chi connectivity index (χ1n) is 12.6. The second-order valence-electron chi connectivity index (χ2n) is 11.6. The standard InChI is InChI=1S/C30H44N4O2/c1-24(18-33(20-25-14-10-8-11-15-25)22-27(35)31-29(2,3)4)19-34(21-26-16-12-9-13-17-26)23-28(36)32-30(5,6)7/h8-17H,1,18-23H2,2-7H3,(H,31,35)(H,32,36). The summed E-state index contributed by atoms with van der Waals surface area (Å²) in [5, 5.41) is 6.11. The molecule has 2 aromatic rings. The van der Waals surface area contributed by atoms with Crippen LogP contribution in [0.3, 0.4) is 0 Å². The minimum atomic E-state index is -0.292. The zero-order valence-electron chi connectivity index (χ0n) is 22.9. The van der Waals surface area contributed by atoms with E-state index in [-0.39, 0.29) is 36.0 Å². The molecule has 36 heavy (non-hydrogen) atoms. The van der Waals surface area contributed by atoms with E-state index in [1.807, 2.05) is 77.9 Å². The number of carbonyl (C=O) groups is 2. The summed E-state index contributed by atoms with van der Waals surface area (Å²) in [5.74, 6) is -0.0335. The average molecular weight is 493 g/mol. The molecule has 0 bridgehead atoms. The molecule has 2 aromatic carbocycles. The fourth-order valence-corrected chi connectivity index (χ4v) is 4.02. The monoisotopic (exact) mass is 492 g/mol. The molecule has 2 amide bonds. The van der Waals surface area contributed by atoms with E-state index in [9.17, 15) is 9.59 Å². The van der Waals surface area contributed by atoms with Gasteiger partial charge in [0.25, 0.3) is 0 Å². The Morgan fingerprint density at radius 2 is 0.972 bits per heavy atom. The smallest absolute Gasteiger partial charge is 0.234 e. The Labute approximate surface area is 217 Å². The lowest BCUT2D eigenvalue weighted by atomic mass is 10.1. The van der Waals surface area contributed by atoms with E-state index in [0.29, 0.717) is 26.2 Å². The number of carbonyl (C=O) groups excluding carboxylic acids is 2. The molecule has 0 radical (unpaired) electrons. The van der Waals surface area contributed by atoms with Crippen molar-refractivity contribution in [1.82, 2.24) is 20.4 Å². The molecule has 0 aliphatic carbocycles. The lowest BCUT2D eigenvalue weighted by Gasteiger charge is -2.29. The number of rotatable bonds is 12. The molecule has 0 atom stereocenters. The number of hydrogen-bond donors (Lipinski definition) is 2. The number of hydrogen-bond acceptors (Lipinski definition) is 4. The van der Waals surface area contributed by atoms with Gasteiger partial charge in [-0.05, 0) is 58.2 Å². The molecule has 6 nitrogen and oxygen atoms in total. The molecule has 0 aliphatic heterocycles. The Balaban J connectivity index is 2.12. The van der Waals surface area contributed by atoms with Crippen molar-refractivity contribution in [3.8, 4) is 0 Å². The highest BCUT2D eigenvalue weighted by Gasteiger charge is 2.20. The number of amides is 2. The summed E-state index contributed by atoms with van der Waals surface area (Å²) in [6.45, 7) is 19.2. The van der Waals surface area contributed by atoms with Gasteiger partial charge in [-0.3, -0.25) is 19.4 Å². The van der Waals surface area contributed by atoms with Crippen LogP contribution in [0.15, 0.2) is 72.8 Å². The van der Waals surface area contributed by atoms with Gasteiger partial charge in [0, 0.05) is 37.3 Å². The first kappa shape index (κ1) is 29.3. The molecule has 2 rings (SSSR count). The summed E-state index contributed by atoms with van der Waals surface area (Å²) in [7, 11) is 0. The van der Waals surface area contributed by atoms with Crippen molar-refractivity contribution in [2.24, 2.45) is 0 Å². The third kappa shape index (κ3) is 12.7. The van der Waals surface area contributed by atoms with Gasteiger partial charge in [0.15, 0.2) is 0 Å². The van der Waals surface area contributed by atoms with E-state index in [0.717, 1.165) is 16.7 Å². The van der Waals surface area contributed by atoms with E-state index in [4.69, 9.17) is 0 Å². The van der Waals surface area contributed by atoms with Crippen molar-refractivity contribution in [3.63, 3.8) is 0 Å². The van der Waals surface area contributed by atoms with Crippen LogP contribution in [0.5, 0.6) is 0 Å². The maximum atomic E-state index is 12.7. The van der Waals surface area contributed by atoms with Crippen LogP contribution in [-0.2, 0) is 22.7 Å². The molecule has 0 spiro atoms. The van der Waals surface area contributed by atoms with Gasteiger partial charge >= 0.3 is 0 Å². The average Bonchev–Trinajstić information content (AvgIpc) is 2.72. The van der Waals surface area contributed by atoms with Crippen LogP contribution >= 0.6 is 0 Å². The van der Waals surface area contributed by atoms with Crippen LogP contribution in [0.2, 0.25) is 0 Å². The highest BCUT2D eigenvalue weighted by atomic mass is 16.2. The Kier molecular flexibility index (Phi) is 10.9. The molecule has 0 saturated heterocycles. The zero-order valence-corrected chi connectivity index (χ0v) is 22.9. The molecule has 0 fully saturated rings. The molecule has 0 unspecified atom stereocenters. The highest BCUT2D eigenvalue weighted by molar-refractivity contribution is 5.79. The second-order valence-corrected chi connectivity index (χ2v) is 11.6. The summed E-state index contributed by atoms with van der Waals surface area (Å²) >= 11 is 0. The van der Waals surface area contributed by atoms with E-state index in [1.165, 1.54) is 0 Å². The van der Waals surface area contributed by atoms with E-state index >= 15 is 0 Å². The van der Waals surface area contributed by atoms with Crippen molar-refractivity contribution in [3.05, 3.63) is 83.9 Å². The van der Waals surface area contributed by atoms with Gasteiger partial charge in [0.2, 0.25) is 11.8 Å². The lowest BCUT2D eigenvalue weighted by molar-refractivity contribution is -0.124. The summed E-state index contributed by atoms with van der Waals surface area (Å²) in [6.07, 6.45) is 0. The zero-order chi connectivity index (χ0) is 26.8. The predicted octanol–water partition coefficient (Wildman–Crippen LogP) is 4.38. The molecular weight excluding hydrogens is 448 g/mol. The molecule has 0 heterocycles. The minimum Gasteiger partial charge on any atom is -0.350 e. The van der Waals surface area contributed by atoms with Crippen molar-refractivity contribution >= 4 is 11.8 Å². The molecular formula is C30H44N4O2. The predicted molar refractivity (Wildman–Crippen MR) is 148 cm³/mol. The largest absolute Gasteiger partial charge is 0.350 e. The van der Waals surface area contributed by atoms with Gasteiger partial charge in [-0.25, -0.2) is 0 Å². The molecule has 0 aliphatic rings. The van der Waals surface area contributed by atoms with Crippen molar-refractivity contribution < 1.29 is 9.59 Å². The molecule has 196 valence electrons. The van der Waals surface area contributed by atoms with Gasteiger partial charge in [-0.1, -0.05) is 67.2 Å². The fraction of sp³-hybridized carbons (Fsp3) is 0.467. The number of benzene rings is 2. The van der Waals surface area contributed by atoms with Crippen LogP contribution in [0, 0.1) is 0 Å². The van der Waals surface area contributed by atoms with Crippen molar-refractivity contribution in [2.45, 2.75) is 65.7 Å². The van der Waals surface area contributed by atoms with Gasteiger partial charge < -0.3 is 10.6 Å². The van der Waals surface area contributed by atoms with E-state index in [1.54, 1.807) is 0 Å². The third-order valence-corrected chi connectivity index (χ3v) is 5.16. The van der Waals surface area contributed by atoms with Gasteiger partial charge in [-0.2, -0.15) is 0 Å². The van der Waals surface area contributed by atoms with Crippen LogP contribution in [-0.4, -0.2) is 58.9 Å². The Morgan fingerprint density at radius 1 is 0.639 bits per heavy atom. The van der Waals surface area contributed by atoms with E-state index < -0.39 is 0 Å². The Hall–Kier alpha value is -2.96. The van der Waals surface area contributed by atoms with Gasteiger partial charge in [-0.15, -0.1) is 0 Å². The van der Waals surface area contributed by atoms with Crippen molar-refractivity contribution in [1.29, 1.82) is 0 Å². The molecule has 6 heteroatoms. The summed E-state index contributed by atoms with van der Waals surface area (Å²) < 4.78 is 0. The SMILES string of the molecule is C=C(CN(CC(=O)NC(C)(C)C)Cc1ccccc1)CN(CC(=O)NC(C)(C)C)Cc1ccccc1. The molecule has 0 saturated carbocycles. The van der Waals surface area contributed by atoms with Crippen molar-refractivity contribution in [2.75, 3.05) is 26.2 Å². The lowest BCUT2D eigenvalue weighted by Crippen LogP contribution is -2.47. The summed E-state index contributed by atoms with van der Waals surface area (Å²) in [5.41, 5.74) is 2.65. The Bertz CT molecular complexity index is 896. The first-order chi connectivity index (χ1) is 16.8. The third-order valence-electron chi connectivity index (χ3n) is 5.16. The minimum absolute atomic E-state index is 0.0167. The maximum Gasteiger partial charge on any atom is 0.234 e. The topological polar surface area (TPSA) is 64.7 Å². The maximum absolute atomic E-state index is 12.7. The quantitative estimate of drug-likeness (QED) is 0.432. The molecule has 0 aromatic heterocycles. The number of nitrogens with zero attached hydrogens (tertiary/aromatic N) is 2. The van der Waals surface area contributed by atoms with Crippen LogP contribution in [0.1, 0.15) is 52.7 Å².